The minimum absolute atomic E-state index is 0. The summed E-state index contributed by atoms with van der Waals surface area (Å²) in [6, 6.07) is 3.79. The zero-order valence-corrected chi connectivity index (χ0v) is 17.1. The topological polar surface area (TPSA) is 61.8 Å². The first-order valence-corrected chi connectivity index (χ1v) is 7.76. The molecule has 0 saturated carbocycles. The van der Waals surface area contributed by atoms with Crippen LogP contribution >= 0.6 is 35.6 Å². The van der Waals surface area contributed by atoms with E-state index < -0.39 is 0 Å². The van der Waals surface area contributed by atoms with Crippen LogP contribution in [0.3, 0.4) is 0 Å². The molecule has 0 atom stereocenters. The summed E-state index contributed by atoms with van der Waals surface area (Å²) in [6.07, 6.45) is 2.67. The van der Waals surface area contributed by atoms with Crippen LogP contribution in [0, 0.1) is 0 Å². The summed E-state index contributed by atoms with van der Waals surface area (Å²) in [4.78, 5) is 10.5. The molecule has 1 aromatic rings. The van der Waals surface area contributed by atoms with E-state index in [1.165, 1.54) is 0 Å². The Kier molecular flexibility index (Phi) is 13.4. The second-order valence-electron chi connectivity index (χ2n) is 4.96. The summed E-state index contributed by atoms with van der Waals surface area (Å²) in [5.74, 6) is 0.807. The first kappa shape index (κ1) is 22.4. The van der Waals surface area contributed by atoms with Crippen molar-refractivity contribution in [1.82, 2.24) is 20.5 Å². The molecule has 0 aliphatic rings. The first-order chi connectivity index (χ1) is 10.7. The Balaban J connectivity index is 0.00000484. The van der Waals surface area contributed by atoms with E-state index in [-0.39, 0.29) is 24.0 Å². The highest BCUT2D eigenvalue weighted by atomic mass is 127. The number of methoxy groups -OCH3 is 1. The summed E-state index contributed by atoms with van der Waals surface area (Å²) >= 11 is 5.77. The average molecular weight is 456 g/mol. The number of ether oxygens (including phenoxy) is 1. The molecule has 0 saturated heterocycles. The van der Waals surface area contributed by atoms with Gasteiger partial charge in [-0.15, -0.1) is 24.0 Å². The van der Waals surface area contributed by atoms with Gasteiger partial charge in [0.2, 0.25) is 0 Å². The Hall–Kier alpha value is -0.640. The van der Waals surface area contributed by atoms with Gasteiger partial charge in [-0.3, -0.25) is 4.99 Å². The van der Waals surface area contributed by atoms with Crippen molar-refractivity contribution >= 4 is 41.5 Å². The van der Waals surface area contributed by atoms with Crippen LogP contribution in [0.15, 0.2) is 23.3 Å². The normalized spacial score (nSPS) is 11.3. The van der Waals surface area contributed by atoms with Gasteiger partial charge in [-0.1, -0.05) is 17.7 Å². The van der Waals surface area contributed by atoms with Crippen molar-refractivity contribution in [3.8, 4) is 0 Å². The number of aliphatic imine (C=N–C) groups is 1. The molecule has 23 heavy (non-hydrogen) atoms. The van der Waals surface area contributed by atoms with Crippen LogP contribution in [0.25, 0.3) is 0 Å². The Bertz CT molecular complexity index is 444. The lowest BCUT2D eigenvalue weighted by atomic mass is 10.2. The number of rotatable bonds is 9. The summed E-state index contributed by atoms with van der Waals surface area (Å²) in [5, 5.41) is 7.10. The maximum atomic E-state index is 5.77. The van der Waals surface area contributed by atoms with E-state index in [0.29, 0.717) is 5.15 Å². The van der Waals surface area contributed by atoms with Gasteiger partial charge in [0, 0.05) is 46.5 Å². The van der Waals surface area contributed by atoms with Crippen molar-refractivity contribution in [2.24, 2.45) is 4.99 Å². The van der Waals surface area contributed by atoms with Crippen LogP contribution in [0.1, 0.15) is 5.56 Å². The van der Waals surface area contributed by atoms with Crippen molar-refractivity contribution in [2.75, 3.05) is 54.0 Å². The third-order valence-corrected chi connectivity index (χ3v) is 3.41. The van der Waals surface area contributed by atoms with E-state index in [4.69, 9.17) is 16.3 Å². The van der Waals surface area contributed by atoms with E-state index in [1.54, 1.807) is 26.4 Å². The molecule has 8 heteroatoms. The molecule has 132 valence electrons. The van der Waals surface area contributed by atoms with E-state index in [1.807, 2.05) is 6.07 Å². The average Bonchev–Trinajstić information content (AvgIpc) is 2.53. The summed E-state index contributed by atoms with van der Waals surface area (Å²) in [5.41, 5.74) is 1.15. The summed E-state index contributed by atoms with van der Waals surface area (Å²) in [7, 11) is 5.56. The molecule has 0 aliphatic heterocycles. The van der Waals surface area contributed by atoms with E-state index >= 15 is 0 Å². The number of nitrogens with zero attached hydrogens (tertiary/aromatic N) is 3. The van der Waals surface area contributed by atoms with Crippen LogP contribution in [0.4, 0.5) is 0 Å². The van der Waals surface area contributed by atoms with Crippen molar-refractivity contribution < 1.29 is 4.74 Å². The Morgan fingerprint density at radius 1 is 1.30 bits per heavy atom. The molecular weight excluding hydrogens is 429 g/mol. The molecule has 0 aliphatic carbocycles. The molecule has 2 N–H and O–H groups in total. The summed E-state index contributed by atoms with van der Waals surface area (Å²) in [6.45, 7) is 4.24. The number of nitrogens with one attached hydrogen (secondary N) is 2. The highest BCUT2D eigenvalue weighted by molar-refractivity contribution is 14.0. The van der Waals surface area contributed by atoms with Crippen LogP contribution in [-0.4, -0.2) is 69.8 Å². The van der Waals surface area contributed by atoms with Crippen LogP contribution < -0.4 is 10.6 Å². The van der Waals surface area contributed by atoms with Gasteiger partial charge in [-0.2, -0.15) is 0 Å². The molecule has 1 heterocycles. The molecule has 1 rings (SSSR count). The standard InChI is InChI=1S/C15H26ClN5O.HI/c1-17-15(19-8-9-21(2)10-11-22-3)18-7-6-13-4-5-14(16)20-12-13;/h4-5,12H,6-11H2,1-3H3,(H2,17,18,19);1H. The second-order valence-corrected chi connectivity index (χ2v) is 5.35. The van der Waals surface area contributed by atoms with Gasteiger partial charge < -0.3 is 20.3 Å². The quantitative estimate of drug-likeness (QED) is 0.257. The lowest BCUT2D eigenvalue weighted by Crippen LogP contribution is -2.42. The van der Waals surface area contributed by atoms with E-state index in [0.717, 1.165) is 50.7 Å². The highest BCUT2D eigenvalue weighted by Crippen LogP contribution is 2.05. The largest absolute Gasteiger partial charge is 0.383 e. The molecule has 0 bridgehead atoms. The predicted octanol–water partition coefficient (Wildman–Crippen LogP) is 1.64. The van der Waals surface area contributed by atoms with Gasteiger partial charge in [-0.25, -0.2) is 4.98 Å². The molecule has 0 aromatic carbocycles. The smallest absolute Gasteiger partial charge is 0.191 e. The summed E-state index contributed by atoms with van der Waals surface area (Å²) < 4.78 is 5.05. The molecule has 0 unspecified atom stereocenters. The van der Waals surface area contributed by atoms with Gasteiger partial charge in [0.1, 0.15) is 5.15 Å². The zero-order valence-electron chi connectivity index (χ0n) is 14.0. The fourth-order valence-electron chi connectivity index (χ4n) is 1.82. The van der Waals surface area contributed by atoms with Crippen LogP contribution in [-0.2, 0) is 11.2 Å². The minimum atomic E-state index is 0. The fraction of sp³-hybridized carbons (Fsp3) is 0.600. The van der Waals surface area contributed by atoms with Crippen LogP contribution in [0.2, 0.25) is 5.15 Å². The molecule has 0 amide bonds. The molecule has 0 spiro atoms. The number of likely N-dealkylation sites (N-methyl/N-ethyl adjacent to an activating group) is 1. The Morgan fingerprint density at radius 2 is 2.04 bits per heavy atom. The molecule has 6 nitrogen and oxygen atoms in total. The van der Waals surface area contributed by atoms with Crippen LogP contribution in [0.5, 0.6) is 0 Å². The van der Waals surface area contributed by atoms with Crippen molar-refractivity contribution in [2.45, 2.75) is 6.42 Å². The van der Waals surface area contributed by atoms with E-state index in [2.05, 4.69) is 32.6 Å². The second kappa shape index (κ2) is 13.8. The SMILES string of the molecule is CN=C(NCCc1ccc(Cl)nc1)NCCN(C)CCOC.I. The number of halogens is 2. The number of hydrogen-bond acceptors (Lipinski definition) is 4. The molecule has 1 aromatic heterocycles. The maximum Gasteiger partial charge on any atom is 0.191 e. The molecule has 0 radical (unpaired) electrons. The third kappa shape index (κ3) is 10.7. The van der Waals surface area contributed by atoms with Crippen molar-refractivity contribution in [3.05, 3.63) is 29.0 Å². The van der Waals surface area contributed by atoms with E-state index in [9.17, 15) is 0 Å². The Morgan fingerprint density at radius 3 is 2.65 bits per heavy atom. The molecular formula is C15H27ClIN5O. The zero-order chi connectivity index (χ0) is 16.2. The lowest BCUT2D eigenvalue weighted by molar-refractivity contribution is 0.162. The van der Waals surface area contributed by atoms with Gasteiger partial charge in [0.15, 0.2) is 5.96 Å². The third-order valence-electron chi connectivity index (χ3n) is 3.18. The number of hydrogen-bond donors (Lipinski definition) is 2. The Labute approximate surface area is 161 Å². The van der Waals surface area contributed by atoms with Gasteiger partial charge in [-0.05, 0) is 25.1 Å². The van der Waals surface area contributed by atoms with Crippen molar-refractivity contribution in [3.63, 3.8) is 0 Å². The van der Waals surface area contributed by atoms with Gasteiger partial charge in [0.25, 0.3) is 0 Å². The number of pyridine rings is 1. The minimum Gasteiger partial charge on any atom is -0.383 e. The van der Waals surface area contributed by atoms with Crippen molar-refractivity contribution in [1.29, 1.82) is 0 Å². The van der Waals surface area contributed by atoms with Gasteiger partial charge >= 0.3 is 0 Å². The van der Waals surface area contributed by atoms with Gasteiger partial charge in [0.05, 0.1) is 6.61 Å². The lowest BCUT2D eigenvalue weighted by Gasteiger charge is -2.17. The first-order valence-electron chi connectivity index (χ1n) is 7.38. The predicted molar refractivity (Wildman–Crippen MR) is 107 cm³/mol. The maximum absolute atomic E-state index is 5.77. The number of guanidine groups is 1. The molecule has 0 fully saturated rings. The highest BCUT2D eigenvalue weighted by Gasteiger charge is 2.00. The monoisotopic (exact) mass is 455 g/mol. The fourth-order valence-corrected chi connectivity index (χ4v) is 1.94. The number of aromatic nitrogens is 1.